The summed E-state index contributed by atoms with van der Waals surface area (Å²) in [7, 11) is 0. The maximum absolute atomic E-state index is 13.5. The predicted molar refractivity (Wildman–Crippen MR) is 138 cm³/mol. The van der Waals surface area contributed by atoms with Crippen molar-refractivity contribution in [3.05, 3.63) is 71.8 Å². The molecular formula is C28H36N4O4. The van der Waals surface area contributed by atoms with Crippen LogP contribution in [-0.4, -0.2) is 47.8 Å². The van der Waals surface area contributed by atoms with E-state index in [0.29, 0.717) is 25.7 Å². The van der Waals surface area contributed by atoms with Gasteiger partial charge in [0, 0.05) is 12.8 Å². The molecule has 4 N–H and O–H groups in total. The van der Waals surface area contributed by atoms with Crippen molar-refractivity contribution in [2.45, 2.75) is 76.5 Å². The first-order valence-corrected chi connectivity index (χ1v) is 12.7. The number of nitrogens with one attached hydrogen (secondary N) is 4. The Hall–Kier alpha value is -3.68. The van der Waals surface area contributed by atoms with Crippen LogP contribution >= 0.6 is 0 Å². The van der Waals surface area contributed by atoms with Gasteiger partial charge in [0.2, 0.25) is 23.6 Å². The number of carbonyl (C=O) groups is 4. The highest BCUT2D eigenvalue weighted by Crippen LogP contribution is 2.10. The number of carbonyl (C=O) groups excluding carboxylic acids is 4. The minimum atomic E-state index is -0.909. The first-order chi connectivity index (χ1) is 17.4. The van der Waals surface area contributed by atoms with E-state index in [-0.39, 0.29) is 12.8 Å². The van der Waals surface area contributed by atoms with Crippen LogP contribution in [0.5, 0.6) is 0 Å². The van der Waals surface area contributed by atoms with E-state index in [2.05, 4.69) is 21.3 Å². The van der Waals surface area contributed by atoms with Crippen molar-refractivity contribution in [2.75, 3.05) is 0 Å². The molecule has 1 aliphatic rings. The third kappa shape index (κ3) is 7.66. The molecule has 1 aliphatic heterocycles. The second-order valence-electron chi connectivity index (χ2n) is 9.20. The fourth-order valence-corrected chi connectivity index (χ4v) is 4.32. The minimum absolute atomic E-state index is 0.253. The molecule has 8 nitrogen and oxygen atoms in total. The van der Waals surface area contributed by atoms with E-state index < -0.39 is 47.8 Å². The van der Waals surface area contributed by atoms with Gasteiger partial charge in [-0.2, -0.15) is 0 Å². The minimum Gasteiger partial charge on any atom is -0.343 e. The van der Waals surface area contributed by atoms with Crippen LogP contribution in [0.15, 0.2) is 60.7 Å². The molecule has 4 unspecified atom stereocenters. The molecule has 4 atom stereocenters. The average Bonchev–Trinajstić information content (AvgIpc) is 2.88. The highest BCUT2D eigenvalue weighted by atomic mass is 16.2. The zero-order chi connectivity index (χ0) is 25.9. The molecule has 4 amide bonds. The maximum atomic E-state index is 13.5. The Bertz CT molecular complexity index is 985. The van der Waals surface area contributed by atoms with E-state index in [4.69, 9.17) is 0 Å². The molecule has 1 saturated heterocycles. The van der Waals surface area contributed by atoms with Crippen molar-refractivity contribution in [3.63, 3.8) is 0 Å². The second kappa shape index (κ2) is 13.4. The predicted octanol–water partition coefficient (Wildman–Crippen LogP) is 2.02. The molecule has 0 radical (unpaired) electrons. The van der Waals surface area contributed by atoms with Crippen molar-refractivity contribution in [2.24, 2.45) is 0 Å². The van der Waals surface area contributed by atoms with Gasteiger partial charge in [0.25, 0.3) is 0 Å². The van der Waals surface area contributed by atoms with Crippen LogP contribution in [0.25, 0.3) is 0 Å². The van der Waals surface area contributed by atoms with Crippen LogP contribution in [0.2, 0.25) is 0 Å². The average molecular weight is 493 g/mol. The molecule has 0 aromatic heterocycles. The second-order valence-corrected chi connectivity index (χ2v) is 9.20. The van der Waals surface area contributed by atoms with Crippen molar-refractivity contribution < 1.29 is 19.2 Å². The molecule has 0 bridgehead atoms. The first-order valence-electron chi connectivity index (χ1n) is 12.7. The van der Waals surface area contributed by atoms with Gasteiger partial charge in [-0.1, -0.05) is 87.4 Å². The van der Waals surface area contributed by atoms with E-state index in [1.165, 1.54) is 0 Å². The standard InChI is InChI=1S/C28H36N4O4/c1-3-11-21-25(33)29-22(12-4-2)26(34)31-24(18-20-15-9-6-10-16-20)28(36)32-23(27(35)30-21)17-19-13-7-5-8-14-19/h5-10,13-16,21-24H,3-4,11-12,17-18H2,1-2H3,(H,29,33)(H,30,35)(H,31,34)(H,32,36). The van der Waals surface area contributed by atoms with Crippen LogP contribution in [-0.2, 0) is 32.0 Å². The lowest BCUT2D eigenvalue weighted by Gasteiger charge is -2.29. The molecule has 36 heavy (non-hydrogen) atoms. The van der Waals surface area contributed by atoms with Gasteiger partial charge < -0.3 is 21.3 Å². The highest BCUT2D eigenvalue weighted by Gasteiger charge is 2.33. The zero-order valence-corrected chi connectivity index (χ0v) is 21.0. The van der Waals surface area contributed by atoms with E-state index in [9.17, 15) is 19.2 Å². The lowest BCUT2D eigenvalue weighted by atomic mass is 10.0. The van der Waals surface area contributed by atoms with Gasteiger partial charge in [-0.25, -0.2) is 0 Å². The molecule has 3 rings (SSSR count). The number of rotatable bonds is 8. The van der Waals surface area contributed by atoms with Crippen LogP contribution < -0.4 is 21.3 Å². The van der Waals surface area contributed by atoms with Crippen LogP contribution in [0, 0.1) is 0 Å². The molecule has 1 heterocycles. The summed E-state index contributed by atoms with van der Waals surface area (Å²) in [5.41, 5.74) is 1.74. The Labute approximate surface area is 212 Å². The normalized spacial score (nSPS) is 23.4. The Morgan fingerprint density at radius 1 is 0.500 bits per heavy atom. The number of hydrogen-bond acceptors (Lipinski definition) is 4. The van der Waals surface area contributed by atoms with Crippen molar-refractivity contribution in [3.8, 4) is 0 Å². The van der Waals surface area contributed by atoms with Gasteiger partial charge in [-0.15, -0.1) is 0 Å². The summed E-state index contributed by atoms with van der Waals surface area (Å²) in [4.78, 5) is 53.1. The number of amides is 4. The quantitative estimate of drug-likeness (QED) is 0.451. The van der Waals surface area contributed by atoms with E-state index in [0.717, 1.165) is 11.1 Å². The summed E-state index contributed by atoms with van der Waals surface area (Å²) >= 11 is 0. The van der Waals surface area contributed by atoms with E-state index in [1.54, 1.807) is 0 Å². The fraction of sp³-hybridized carbons (Fsp3) is 0.429. The molecule has 2 aromatic rings. The Morgan fingerprint density at radius 3 is 1.14 bits per heavy atom. The van der Waals surface area contributed by atoms with Crippen LogP contribution in [0.3, 0.4) is 0 Å². The molecule has 0 saturated carbocycles. The highest BCUT2D eigenvalue weighted by molar-refractivity contribution is 5.97. The summed E-state index contributed by atoms with van der Waals surface area (Å²) < 4.78 is 0. The molecule has 0 aliphatic carbocycles. The number of benzene rings is 2. The molecule has 192 valence electrons. The summed E-state index contributed by atoms with van der Waals surface area (Å²) in [6, 6.07) is 15.3. The first kappa shape index (κ1) is 26.9. The van der Waals surface area contributed by atoms with Crippen LogP contribution in [0.1, 0.15) is 50.7 Å². The van der Waals surface area contributed by atoms with Gasteiger partial charge in [0.1, 0.15) is 24.2 Å². The molecule has 0 spiro atoms. The van der Waals surface area contributed by atoms with Gasteiger partial charge in [-0.05, 0) is 24.0 Å². The summed E-state index contributed by atoms with van der Waals surface area (Å²) in [5, 5.41) is 11.3. The lowest BCUT2D eigenvalue weighted by molar-refractivity contribution is -0.136. The monoisotopic (exact) mass is 492 g/mol. The third-order valence-corrected chi connectivity index (χ3v) is 6.25. The molecule has 8 heteroatoms. The molecular weight excluding hydrogens is 456 g/mol. The van der Waals surface area contributed by atoms with Crippen molar-refractivity contribution in [1.82, 2.24) is 21.3 Å². The zero-order valence-electron chi connectivity index (χ0n) is 21.0. The van der Waals surface area contributed by atoms with Crippen LogP contribution in [0.4, 0.5) is 0 Å². The summed E-state index contributed by atoms with van der Waals surface area (Å²) in [6.45, 7) is 3.84. The topological polar surface area (TPSA) is 116 Å². The Kier molecular flexibility index (Phi) is 10.0. The van der Waals surface area contributed by atoms with Gasteiger partial charge >= 0.3 is 0 Å². The lowest BCUT2D eigenvalue weighted by Crippen LogP contribution is -2.62. The van der Waals surface area contributed by atoms with Crippen molar-refractivity contribution in [1.29, 1.82) is 0 Å². The van der Waals surface area contributed by atoms with Gasteiger partial charge in [0.15, 0.2) is 0 Å². The van der Waals surface area contributed by atoms with Gasteiger partial charge in [-0.3, -0.25) is 19.2 Å². The smallest absolute Gasteiger partial charge is 0.243 e. The maximum Gasteiger partial charge on any atom is 0.243 e. The third-order valence-electron chi connectivity index (χ3n) is 6.25. The Balaban J connectivity index is 1.94. The largest absolute Gasteiger partial charge is 0.343 e. The molecule has 2 aromatic carbocycles. The van der Waals surface area contributed by atoms with Crippen molar-refractivity contribution >= 4 is 23.6 Å². The molecule has 1 fully saturated rings. The van der Waals surface area contributed by atoms with E-state index in [1.807, 2.05) is 74.5 Å². The van der Waals surface area contributed by atoms with E-state index >= 15 is 0 Å². The summed E-state index contributed by atoms with van der Waals surface area (Å²) in [5.74, 6) is -1.69. The summed E-state index contributed by atoms with van der Waals surface area (Å²) in [6.07, 6.45) is 2.67. The number of hydrogen-bond donors (Lipinski definition) is 4. The SMILES string of the molecule is CCCC1NC(=O)C(CCC)NC(=O)C(Cc2ccccc2)NC(=O)C(Cc2ccccc2)NC1=O. The van der Waals surface area contributed by atoms with Gasteiger partial charge in [0.05, 0.1) is 0 Å². The Morgan fingerprint density at radius 2 is 0.806 bits per heavy atom. The fourth-order valence-electron chi connectivity index (χ4n) is 4.32.